The highest BCUT2D eigenvalue weighted by Crippen LogP contribution is 2.40. The van der Waals surface area contributed by atoms with Gasteiger partial charge in [0.2, 0.25) is 11.7 Å². The molecule has 0 aliphatic carbocycles. The Labute approximate surface area is 147 Å². The highest BCUT2D eigenvalue weighted by atomic mass is 16.5. The van der Waals surface area contributed by atoms with Crippen LogP contribution in [0.4, 0.5) is 17.5 Å². The predicted molar refractivity (Wildman–Crippen MR) is 96.3 cm³/mol. The Morgan fingerprint density at radius 2 is 1.72 bits per heavy atom. The Kier molecular flexibility index (Phi) is 6.58. The summed E-state index contributed by atoms with van der Waals surface area (Å²) in [4.78, 5) is 6.46. The van der Waals surface area contributed by atoms with Gasteiger partial charge in [-0.05, 0) is 14.1 Å². The molecule has 2 rings (SSSR count). The lowest BCUT2D eigenvalue weighted by molar-refractivity contribution is 0.324. The second kappa shape index (κ2) is 8.88. The Morgan fingerprint density at radius 1 is 1.04 bits per heavy atom. The third kappa shape index (κ3) is 5.08. The lowest BCUT2D eigenvalue weighted by atomic mass is 10.2. The van der Waals surface area contributed by atoms with E-state index in [2.05, 4.69) is 30.7 Å². The Balaban J connectivity index is 2.16. The van der Waals surface area contributed by atoms with Crippen LogP contribution in [0.2, 0.25) is 0 Å². The van der Waals surface area contributed by atoms with Gasteiger partial charge in [-0.15, -0.1) is 5.10 Å². The monoisotopic (exact) mass is 348 g/mol. The SMILES string of the molecule is COc1cc(Nc2cnnc(NCCN(C)C)n2)cc(OC)c1OC. The van der Waals surface area contributed by atoms with Gasteiger partial charge in [-0.2, -0.15) is 10.1 Å². The molecule has 0 spiro atoms. The molecule has 0 atom stereocenters. The van der Waals surface area contributed by atoms with Crippen LogP contribution >= 0.6 is 0 Å². The summed E-state index contributed by atoms with van der Waals surface area (Å²) in [7, 11) is 8.71. The molecule has 0 unspecified atom stereocenters. The van der Waals surface area contributed by atoms with Gasteiger partial charge in [-0.1, -0.05) is 0 Å². The first kappa shape index (κ1) is 18.5. The second-order valence-electron chi connectivity index (χ2n) is 5.43. The number of nitrogens with one attached hydrogen (secondary N) is 2. The Bertz CT molecular complexity index is 670. The third-order valence-corrected chi connectivity index (χ3v) is 3.34. The lowest BCUT2D eigenvalue weighted by Gasteiger charge is -2.15. The van der Waals surface area contributed by atoms with E-state index in [-0.39, 0.29) is 0 Å². The lowest BCUT2D eigenvalue weighted by Crippen LogP contribution is -2.21. The van der Waals surface area contributed by atoms with E-state index in [0.29, 0.717) is 29.0 Å². The van der Waals surface area contributed by atoms with Gasteiger partial charge in [0.1, 0.15) is 0 Å². The molecule has 9 nitrogen and oxygen atoms in total. The van der Waals surface area contributed by atoms with Gasteiger partial charge in [0.15, 0.2) is 17.3 Å². The molecule has 0 aliphatic rings. The number of methoxy groups -OCH3 is 3. The zero-order valence-electron chi connectivity index (χ0n) is 15.2. The van der Waals surface area contributed by atoms with Crippen LogP contribution < -0.4 is 24.8 Å². The van der Waals surface area contributed by atoms with Crippen LogP contribution in [0.3, 0.4) is 0 Å². The second-order valence-corrected chi connectivity index (χ2v) is 5.43. The number of hydrogen-bond donors (Lipinski definition) is 2. The average Bonchev–Trinajstić information content (AvgIpc) is 2.60. The molecule has 0 bridgehead atoms. The van der Waals surface area contributed by atoms with Crippen molar-refractivity contribution in [3.8, 4) is 17.2 Å². The van der Waals surface area contributed by atoms with Crippen molar-refractivity contribution in [2.75, 3.05) is 59.1 Å². The van der Waals surface area contributed by atoms with Crippen molar-refractivity contribution in [1.82, 2.24) is 20.1 Å². The maximum Gasteiger partial charge on any atom is 0.244 e. The minimum absolute atomic E-state index is 0.458. The fourth-order valence-electron chi connectivity index (χ4n) is 2.13. The summed E-state index contributed by atoms with van der Waals surface area (Å²) >= 11 is 0. The van der Waals surface area contributed by atoms with Crippen LogP contribution in [0.1, 0.15) is 0 Å². The minimum Gasteiger partial charge on any atom is -0.493 e. The van der Waals surface area contributed by atoms with Crippen LogP contribution in [0.15, 0.2) is 18.3 Å². The van der Waals surface area contributed by atoms with E-state index in [1.165, 1.54) is 0 Å². The van der Waals surface area contributed by atoms with Crippen LogP contribution in [0, 0.1) is 0 Å². The summed E-state index contributed by atoms with van der Waals surface area (Å²) in [6.45, 7) is 1.59. The van der Waals surface area contributed by atoms with E-state index < -0.39 is 0 Å². The van der Waals surface area contributed by atoms with E-state index in [4.69, 9.17) is 14.2 Å². The summed E-state index contributed by atoms with van der Waals surface area (Å²) in [5.41, 5.74) is 0.731. The highest BCUT2D eigenvalue weighted by Gasteiger charge is 2.13. The van der Waals surface area contributed by atoms with Gasteiger partial charge in [0, 0.05) is 30.9 Å². The van der Waals surface area contributed by atoms with E-state index in [1.807, 2.05) is 14.1 Å². The first-order valence-corrected chi connectivity index (χ1v) is 7.72. The summed E-state index contributed by atoms with van der Waals surface area (Å²) < 4.78 is 16.0. The van der Waals surface area contributed by atoms with E-state index >= 15 is 0 Å². The number of aromatic nitrogens is 3. The van der Waals surface area contributed by atoms with Crippen molar-refractivity contribution in [1.29, 1.82) is 0 Å². The molecule has 0 saturated carbocycles. The van der Waals surface area contributed by atoms with Crippen LogP contribution in [-0.4, -0.2) is 68.6 Å². The average molecular weight is 348 g/mol. The molecule has 1 aromatic carbocycles. The van der Waals surface area contributed by atoms with Crippen molar-refractivity contribution in [3.05, 3.63) is 18.3 Å². The molecule has 0 amide bonds. The summed E-state index contributed by atoms with van der Waals surface area (Å²) in [6.07, 6.45) is 1.54. The summed E-state index contributed by atoms with van der Waals surface area (Å²) in [5.74, 6) is 2.64. The maximum atomic E-state index is 5.35. The van der Waals surface area contributed by atoms with E-state index in [0.717, 1.165) is 18.8 Å². The molecule has 0 aliphatic heterocycles. The molecule has 136 valence electrons. The molecule has 9 heteroatoms. The first-order valence-electron chi connectivity index (χ1n) is 7.72. The first-order chi connectivity index (χ1) is 12.1. The topological polar surface area (TPSA) is 93.7 Å². The highest BCUT2D eigenvalue weighted by molar-refractivity contribution is 5.66. The molecular weight excluding hydrogens is 324 g/mol. The Morgan fingerprint density at radius 3 is 2.28 bits per heavy atom. The standard InChI is InChI=1S/C16H24N6O3/c1-22(2)7-6-17-16-20-14(10-18-21-16)19-11-8-12(23-3)15(25-5)13(9-11)24-4/h8-10H,6-7H2,1-5H3,(H2,17,19,20,21). The van der Waals surface area contributed by atoms with E-state index in [9.17, 15) is 0 Å². The zero-order chi connectivity index (χ0) is 18.2. The largest absolute Gasteiger partial charge is 0.493 e. The molecule has 0 radical (unpaired) electrons. The maximum absolute atomic E-state index is 5.35. The number of nitrogens with zero attached hydrogens (tertiary/aromatic N) is 4. The zero-order valence-corrected chi connectivity index (χ0v) is 15.2. The van der Waals surface area contributed by atoms with E-state index in [1.54, 1.807) is 39.7 Å². The fraction of sp³-hybridized carbons (Fsp3) is 0.438. The normalized spacial score (nSPS) is 10.5. The number of anilines is 3. The quantitative estimate of drug-likeness (QED) is 0.701. The molecule has 2 N–H and O–H groups in total. The number of hydrogen-bond acceptors (Lipinski definition) is 9. The van der Waals surface area contributed by atoms with Crippen molar-refractivity contribution in [2.45, 2.75) is 0 Å². The molecule has 1 aromatic heterocycles. The van der Waals surface area contributed by atoms with Gasteiger partial charge < -0.3 is 29.7 Å². The summed E-state index contributed by atoms with van der Waals surface area (Å²) in [6, 6.07) is 3.59. The van der Waals surface area contributed by atoms with Crippen LogP contribution in [-0.2, 0) is 0 Å². The fourth-order valence-corrected chi connectivity index (χ4v) is 2.13. The molecule has 25 heavy (non-hydrogen) atoms. The molecule has 0 saturated heterocycles. The Hall–Kier alpha value is -2.81. The van der Waals surface area contributed by atoms with Crippen molar-refractivity contribution < 1.29 is 14.2 Å². The number of likely N-dealkylation sites (N-methyl/N-ethyl adjacent to an activating group) is 1. The molecular formula is C16H24N6O3. The van der Waals surface area contributed by atoms with Crippen molar-refractivity contribution in [3.63, 3.8) is 0 Å². The minimum atomic E-state index is 0.458. The van der Waals surface area contributed by atoms with Gasteiger partial charge in [0.05, 0.1) is 27.5 Å². The number of ether oxygens (including phenoxy) is 3. The van der Waals surface area contributed by atoms with Gasteiger partial charge in [-0.3, -0.25) is 0 Å². The smallest absolute Gasteiger partial charge is 0.244 e. The van der Waals surface area contributed by atoms with Crippen molar-refractivity contribution >= 4 is 17.5 Å². The van der Waals surface area contributed by atoms with Crippen LogP contribution in [0.5, 0.6) is 17.2 Å². The molecule has 0 fully saturated rings. The predicted octanol–water partition coefficient (Wildman–Crippen LogP) is 1.61. The summed E-state index contributed by atoms with van der Waals surface area (Å²) in [5, 5.41) is 14.2. The third-order valence-electron chi connectivity index (χ3n) is 3.34. The molecule has 2 aromatic rings. The van der Waals surface area contributed by atoms with Crippen molar-refractivity contribution in [2.24, 2.45) is 0 Å². The number of rotatable bonds is 9. The van der Waals surface area contributed by atoms with Gasteiger partial charge in [0.25, 0.3) is 0 Å². The molecule has 1 heterocycles. The van der Waals surface area contributed by atoms with Gasteiger partial charge >= 0.3 is 0 Å². The number of benzene rings is 1. The van der Waals surface area contributed by atoms with Crippen LogP contribution in [0.25, 0.3) is 0 Å². The van der Waals surface area contributed by atoms with Gasteiger partial charge in [-0.25, -0.2) is 0 Å².